The quantitative estimate of drug-likeness (QED) is 0.877. The van der Waals surface area contributed by atoms with Gasteiger partial charge in [-0.15, -0.1) is 0 Å². The van der Waals surface area contributed by atoms with Crippen LogP contribution in [0.25, 0.3) is 11.3 Å². The van der Waals surface area contributed by atoms with Crippen LogP contribution in [0.4, 0.5) is 0 Å². The molecule has 1 atom stereocenters. The maximum absolute atomic E-state index is 6.17. The van der Waals surface area contributed by atoms with Gasteiger partial charge in [0.15, 0.2) is 0 Å². The van der Waals surface area contributed by atoms with Crippen LogP contribution in [-0.2, 0) is 0 Å². The Balaban J connectivity index is 2.28. The van der Waals surface area contributed by atoms with Gasteiger partial charge in [0, 0.05) is 10.6 Å². The number of nitrogens with two attached hydrogens (primary N) is 1. The Bertz CT molecular complexity index is 564. The zero-order chi connectivity index (χ0) is 14.0. The fourth-order valence-electron chi connectivity index (χ4n) is 1.99. The SMILES string of the molecule is CC(C)CC(N)c1ncc(-c2cc(Cl)ccc2Cl)[nH]1. The van der Waals surface area contributed by atoms with E-state index in [1.807, 2.05) is 6.07 Å². The first kappa shape index (κ1) is 14.4. The summed E-state index contributed by atoms with van der Waals surface area (Å²) in [6, 6.07) is 5.25. The zero-order valence-corrected chi connectivity index (χ0v) is 12.5. The number of nitrogens with one attached hydrogen (secondary N) is 1. The highest BCUT2D eigenvalue weighted by molar-refractivity contribution is 6.35. The van der Waals surface area contributed by atoms with Crippen molar-refractivity contribution in [1.82, 2.24) is 9.97 Å². The van der Waals surface area contributed by atoms with Gasteiger partial charge in [0.1, 0.15) is 5.82 Å². The van der Waals surface area contributed by atoms with Crippen molar-refractivity contribution < 1.29 is 0 Å². The Morgan fingerprint density at radius 3 is 2.74 bits per heavy atom. The Hall–Kier alpha value is -1.03. The third-order valence-electron chi connectivity index (χ3n) is 2.89. The lowest BCUT2D eigenvalue weighted by Gasteiger charge is -2.11. The Morgan fingerprint density at radius 2 is 2.05 bits per heavy atom. The molecule has 0 aliphatic heterocycles. The summed E-state index contributed by atoms with van der Waals surface area (Å²) in [4.78, 5) is 7.56. The number of nitrogens with zero attached hydrogens (tertiary/aromatic N) is 1. The average Bonchev–Trinajstić information content (AvgIpc) is 2.80. The normalized spacial score (nSPS) is 12.9. The Morgan fingerprint density at radius 1 is 1.32 bits per heavy atom. The van der Waals surface area contributed by atoms with Gasteiger partial charge in [-0.05, 0) is 30.5 Å². The highest BCUT2D eigenvalue weighted by Crippen LogP contribution is 2.30. The van der Waals surface area contributed by atoms with Crippen LogP contribution in [0.1, 0.15) is 32.1 Å². The average molecular weight is 298 g/mol. The lowest BCUT2D eigenvalue weighted by Crippen LogP contribution is -2.14. The summed E-state index contributed by atoms with van der Waals surface area (Å²) >= 11 is 12.2. The molecule has 0 saturated carbocycles. The molecule has 5 heteroatoms. The van der Waals surface area contributed by atoms with Crippen LogP contribution in [0.15, 0.2) is 24.4 Å². The Labute approximate surface area is 123 Å². The fourth-order valence-corrected chi connectivity index (χ4v) is 2.38. The van der Waals surface area contributed by atoms with E-state index in [9.17, 15) is 0 Å². The molecule has 1 aromatic carbocycles. The van der Waals surface area contributed by atoms with Crippen molar-refractivity contribution >= 4 is 23.2 Å². The first-order valence-corrected chi connectivity index (χ1v) is 6.99. The molecule has 19 heavy (non-hydrogen) atoms. The third kappa shape index (κ3) is 3.50. The maximum Gasteiger partial charge on any atom is 0.123 e. The van der Waals surface area contributed by atoms with E-state index in [0.717, 1.165) is 23.5 Å². The number of aromatic nitrogens is 2. The monoisotopic (exact) mass is 297 g/mol. The summed E-state index contributed by atoms with van der Waals surface area (Å²) in [6.45, 7) is 4.27. The molecule has 0 amide bonds. The number of halogens is 2. The summed E-state index contributed by atoms with van der Waals surface area (Å²) in [5.74, 6) is 1.30. The molecule has 0 aliphatic rings. The number of hydrogen-bond donors (Lipinski definition) is 2. The molecule has 1 aromatic heterocycles. The topological polar surface area (TPSA) is 54.7 Å². The fraction of sp³-hybridized carbons (Fsp3) is 0.357. The molecule has 2 rings (SSSR count). The minimum atomic E-state index is -0.0910. The summed E-state index contributed by atoms with van der Waals surface area (Å²) in [5, 5.41) is 1.28. The van der Waals surface area contributed by atoms with Crippen LogP contribution >= 0.6 is 23.2 Å². The lowest BCUT2D eigenvalue weighted by molar-refractivity contribution is 0.496. The van der Waals surface area contributed by atoms with E-state index in [0.29, 0.717) is 16.0 Å². The van der Waals surface area contributed by atoms with Crippen LogP contribution in [0.3, 0.4) is 0 Å². The molecular weight excluding hydrogens is 281 g/mol. The first-order chi connectivity index (χ1) is 8.97. The minimum Gasteiger partial charge on any atom is -0.341 e. The number of rotatable bonds is 4. The molecule has 102 valence electrons. The van der Waals surface area contributed by atoms with Crippen molar-refractivity contribution in [3.63, 3.8) is 0 Å². The predicted octanol–water partition coefficient (Wildman–Crippen LogP) is 4.43. The molecule has 0 spiro atoms. The van der Waals surface area contributed by atoms with Crippen LogP contribution in [0.5, 0.6) is 0 Å². The number of imidazole rings is 1. The van der Waals surface area contributed by atoms with Crippen LogP contribution in [0, 0.1) is 5.92 Å². The molecule has 0 aliphatic carbocycles. The van der Waals surface area contributed by atoms with Gasteiger partial charge in [-0.1, -0.05) is 37.0 Å². The van der Waals surface area contributed by atoms with Crippen LogP contribution < -0.4 is 5.73 Å². The van der Waals surface area contributed by atoms with Crippen molar-refractivity contribution in [2.45, 2.75) is 26.3 Å². The third-order valence-corrected chi connectivity index (χ3v) is 3.46. The molecule has 3 nitrogen and oxygen atoms in total. The highest BCUT2D eigenvalue weighted by Gasteiger charge is 2.14. The maximum atomic E-state index is 6.17. The standard InChI is InChI=1S/C14H17Cl2N3/c1-8(2)5-12(17)14-18-7-13(19-14)10-6-9(15)3-4-11(10)16/h3-4,6-8,12H,5,17H2,1-2H3,(H,18,19). The van der Waals surface area contributed by atoms with Gasteiger partial charge in [0.2, 0.25) is 0 Å². The van der Waals surface area contributed by atoms with E-state index in [2.05, 4.69) is 23.8 Å². The molecule has 1 heterocycles. The van der Waals surface area contributed by atoms with Gasteiger partial charge in [-0.2, -0.15) is 0 Å². The lowest BCUT2D eigenvalue weighted by atomic mass is 10.0. The minimum absolute atomic E-state index is 0.0910. The van der Waals surface area contributed by atoms with Crippen molar-refractivity contribution in [2.75, 3.05) is 0 Å². The second kappa shape index (κ2) is 5.95. The molecule has 0 fully saturated rings. The van der Waals surface area contributed by atoms with Crippen LogP contribution in [0.2, 0.25) is 10.0 Å². The second-order valence-corrected chi connectivity index (χ2v) is 5.89. The van der Waals surface area contributed by atoms with Gasteiger partial charge in [-0.3, -0.25) is 0 Å². The zero-order valence-electron chi connectivity index (χ0n) is 11.0. The van der Waals surface area contributed by atoms with E-state index in [4.69, 9.17) is 28.9 Å². The van der Waals surface area contributed by atoms with Crippen molar-refractivity contribution in [2.24, 2.45) is 11.7 Å². The molecule has 0 bridgehead atoms. The van der Waals surface area contributed by atoms with E-state index in [1.165, 1.54) is 0 Å². The van der Waals surface area contributed by atoms with Crippen molar-refractivity contribution in [3.8, 4) is 11.3 Å². The van der Waals surface area contributed by atoms with Crippen LogP contribution in [-0.4, -0.2) is 9.97 Å². The number of H-pyrrole nitrogens is 1. The summed E-state index contributed by atoms with van der Waals surface area (Å²) in [5.41, 5.74) is 7.78. The molecule has 0 saturated heterocycles. The highest BCUT2D eigenvalue weighted by atomic mass is 35.5. The molecule has 3 N–H and O–H groups in total. The van der Waals surface area contributed by atoms with E-state index in [1.54, 1.807) is 18.3 Å². The van der Waals surface area contributed by atoms with E-state index < -0.39 is 0 Å². The molecule has 1 unspecified atom stereocenters. The van der Waals surface area contributed by atoms with Gasteiger partial charge in [-0.25, -0.2) is 4.98 Å². The van der Waals surface area contributed by atoms with Gasteiger partial charge >= 0.3 is 0 Å². The number of benzene rings is 1. The Kier molecular flexibility index (Phi) is 4.50. The van der Waals surface area contributed by atoms with Crippen molar-refractivity contribution in [3.05, 3.63) is 40.3 Å². The van der Waals surface area contributed by atoms with Gasteiger partial charge < -0.3 is 10.7 Å². The molecule has 2 aromatic rings. The smallest absolute Gasteiger partial charge is 0.123 e. The summed E-state index contributed by atoms with van der Waals surface area (Å²) in [7, 11) is 0. The summed E-state index contributed by atoms with van der Waals surface area (Å²) < 4.78 is 0. The molecule has 0 radical (unpaired) electrons. The van der Waals surface area contributed by atoms with Gasteiger partial charge in [0.25, 0.3) is 0 Å². The number of aromatic amines is 1. The van der Waals surface area contributed by atoms with E-state index in [-0.39, 0.29) is 6.04 Å². The number of hydrogen-bond acceptors (Lipinski definition) is 2. The largest absolute Gasteiger partial charge is 0.341 e. The molecular formula is C14H17Cl2N3. The van der Waals surface area contributed by atoms with Crippen molar-refractivity contribution in [1.29, 1.82) is 0 Å². The van der Waals surface area contributed by atoms with E-state index >= 15 is 0 Å². The first-order valence-electron chi connectivity index (χ1n) is 6.23. The predicted molar refractivity (Wildman–Crippen MR) is 80.4 cm³/mol. The summed E-state index contributed by atoms with van der Waals surface area (Å²) in [6.07, 6.45) is 2.63. The second-order valence-electron chi connectivity index (χ2n) is 5.04. The van der Waals surface area contributed by atoms with Gasteiger partial charge in [0.05, 0.1) is 23.0 Å².